The summed E-state index contributed by atoms with van der Waals surface area (Å²) in [6.07, 6.45) is 1.08. The average molecular weight is 300 g/mol. The van der Waals surface area contributed by atoms with Crippen LogP contribution in [0, 0.1) is 6.92 Å². The lowest BCUT2D eigenvalue weighted by Gasteiger charge is -2.17. The van der Waals surface area contributed by atoms with E-state index in [0.717, 1.165) is 19.5 Å². The monoisotopic (exact) mass is 300 g/mol. The molecule has 1 aromatic heterocycles. The van der Waals surface area contributed by atoms with E-state index >= 15 is 0 Å². The first-order chi connectivity index (χ1) is 9.76. The van der Waals surface area contributed by atoms with Crippen LogP contribution in [0.5, 0.6) is 0 Å². The average Bonchev–Trinajstić information content (AvgIpc) is 3.08. The first-order valence-electron chi connectivity index (χ1n) is 7.00. The molecule has 0 amide bonds. The van der Waals surface area contributed by atoms with E-state index in [1.807, 2.05) is 23.1 Å². The lowest BCUT2D eigenvalue weighted by atomic mass is 10.1. The van der Waals surface area contributed by atoms with Crippen molar-refractivity contribution < 1.29 is 0 Å². The normalized spacial score (nSPS) is 18.1. The Balaban J connectivity index is 1.86. The van der Waals surface area contributed by atoms with E-state index in [1.54, 1.807) is 0 Å². The summed E-state index contributed by atoms with van der Waals surface area (Å²) in [6, 6.07) is 9.16. The van der Waals surface area contributed by atoms with Gasteiger partial charge in [0.15, 0.2) is 5.17 Å². The lowest BCUT2D eigenvalue weighted by molar-refractivity contribution is 0.647. The summed E-state index contributed by atoms with van der Waals surface area (Å²) in [5.41, 5.74) is 2.73. The van der Waals surface area contributed by atoms with Crippen LogP contribution in [0.2, 0.25) is 0 Å². The van der Waals surface area contributed by atoms with E-state index in [4.69, 9.17) is 0 Å². The summed E-state index contributed by atoms with van der Waals surface area (Å²) in [5.74, 6) is 0. The van der Waals surface area contributed by atoms with E-state index in [9.17, 15) is 0 Å². The Labute approximate surface area is 127 Å². The van der Waals surface area contributed by atoms with Gasteiger partial charge in [-0.05, 0) is 42.5 Å². The van der Waals surface area contributed by atoms with Crippen LogP contribution >= 0.6 is 23.1 Å². The first kappa shape index (κ1) is 12.5. The highest BCUT2D eigenvalue weighted by Gasteiger charge is 2.32. The Morgan fingerprint density at radius 3 is 3.05 bits per heavy atom. The van der Waals surface area contributed by atoms with E-state index < -0.39 is 0 Å². The van der Waals surface area contributed by atoms with Crippen LogP contribution < -0.4 is 0 Å². The molecular weight excluding hydrogens is 284 g/mol. The maximum atomic E-state index is 4.60. The summed E-state index contributed by atoms with van der Waals surface area (Å²) in [4.78, 5) is 9.83. The van der Waals surface area contributed by atoms with Gasteiger partial charge in [-0.3, -0.25) is 4.99 Å². The second-order valence-electron chi connectivity index (χ2n) is 5.15. The minimum Gasteiger partial charge on any atom is -0.318 e. The van der Waals surface area contributed by atoms with Crippen molar-refractivity contribution in [2.45, 2.75) is 20.3 Å². The van der Waals surface area contributed by atoms with Crippen molar-refractivity contribution >= 4 is 44.0 Å². The highest BCUT2D eigenvalue weighted by atomic mass is 32.2. The van der Waals surface area contributed by atoms with Crippen molar-refractivity contribution in [1.82, 2.24) is 4.90 Å². The zero-order valence-electron chi connectivity index (χ0n) is 11.6. The van der Waals surface area contributed by atoms with Crippen molar-refractivity contribution in [3.05, 3.63) is 39.6 Å². The van der Waals surface area contributed by atoms with Gasteiger partial charge >= 0.3 is 0 Å². The Morgan fingerprint density at radius 1 is 1.30 bits per heavy atom. The largest absolute Gasteiger partial charge is 0.318 e. The number of hydrogen-bond donors (Lipinski definition) is 0. The van der Waals surface area contributed by atoms with Crippen LogP contribution in [0.1, 0.15) is 23.8 Å². The molecule has 2 nitrogen and oxygen atoms in total. The molecule has 2 aromatic rings. The van der Waals surface area contributed by atoms with E-state index in [0.29, 0.717) is 0 Å². The van der Waals surface area contributed by atoms with E-state index in [-0.39, 0.29) is 0 Å². The molecule has 102 valence electrons. The smallest absolute Gasteiger partial charge is 0.168 e. The van der Waals surface area contributed by atoms with Crippen molar-refractivity contribution in [1.29, 1.82) is 0 Å². The minimum absolute atomic E-state index is 0.933. The molecule has 4 rings (SSSR count). The molecule has 0 atom stereocenters. The van der Waals surface area contributed by atoms with Crippen LogP contribution in [0.25, 0.3) is 15.8 Å². The van der Waals surface area contributed by atoms with Crippen molar-refractivity contribution in [3.63, 3.8) is 0 Å². The molecule has 0 bridgehead atoms. The molecule has 0 saturated carbocycles. The number of rotatable bonds is 2. The van der Waals surface area contributed by atoms with Gasteiger partial charge in [-0.15, -0.1) is 11.3 Å². The van der Waals surface area contributed by atoms with Crippen LogP contribution in [-0.2, 0) is 0 Å². The van der Waals surface area contributed by atoms with Gasteiger partial charge in [0.25, 0.3) is 0 Å². The van der Waals surface area contributed by atoms with Gasteiger partial charge in [0, 0.05) is 21.0 Å². The number of hydrogen-bond acceptors (Lipinski definition) is 4. The molecule has 0 saturated heterocycles. The lowest BCUT2D eigenvalue weighted by Crippen LogP contribution is -2.19. The number of thiophene rings is 1. The van der Waals surface area contributed by atoms with Crippen LogP contribution in [-0.4, -0.2) is 23.2 Å². The summed E-state index contributed by atoms with van der Waals surface area (Å²) in [7, 11) is 0. The Kier molecular flexibility index (Phi) is 2.89. The second kappa shape index (κ2) is 4.64. The van der Waals surface area contributed by atoms with Gasteiger partial charge in [-0.1, -0.05) is 24.8 Å². The van der Waals surface area contributed by atoms with Gasteiger partial charge in [0.05, 0.1) is 12.2 Å². The summed E-state index contributed by atoms with van der Waals surface area (Å²) in [6.45, 7) is 6.38. The quantitative estimate of drug-likeness (QED) is 0.798. The summed E-state index contributed by atoms with van der Waals surface area (Å²) < 4.78 is 1.38. The molecule has 0 fully saturated rings. The fourth-order valence-electron chi connectivity index (χ4n) is 2.91. The second-order valence-corrected chi connectivity index (χ2v) is 7.50. The van der Waals surface area contributed by atoms with Gasteiger partial charge in [-0.2, -0.15) is 0 Å². The molecule has 4 heteroatoms. The number of fused-ring (bicyclic) bond motifs is 2. The molecule has 0 radical (unpaired) electrons. The third kappa shape index (κ3) is 1.82. The maximum absolute atomic E-state index is 4.60. The maximum Gasteiger partial charge on any atom is 0.168 e. The molecule has 0 unspecified atom stereocenters. The molecule has 0 N–H and O–H groups in total. The number of benzene rings is 1. The highest BCUT2D eigenvalue weighted by molar-refractivity contribution is 8.17. The van der Waals surface area contributed by atoms with Gasteiger partial charge in [0.2, 0.25) is 0 Å². The van der Waals surface area contributed by atoms with E-state index in [2.05, 4.69) is 48.0 Å². The Bertz CT molecular complexity index is 755. The topological polar surface area (TPSA) is 15.6 Å². The van der Waals surface area contributed by atoms with Crippen molar-refractivity contribution in [2.24, 2.45) is 4.99 Å². The molecule has 2 aliphatic rings. The zero-order chi connectivity index (χ0) is 13.7. The molecule has 3 heterocycles. The predicted molar refractivity (Wildman–Crippen MR) is 90.4 cm³/mol. The molecule has 1 aromatic carbocycles. The van der Waals surface area contributed by atoms with Gasteiger partial charge in [-0.25, -0.2) is 0 Å². The number of nitrogens with zero attached hydrogens (tertiary/aromatic N) is 2. The zero-order valence-corrected chi connectivity index (χ0v) is 13.3. The number of amidine groups is 1. The number of thioether (sulfide) groups is 1. The van der Waals surface area contributed by atoms with E-state index in [1.165, 1.54) is 36.3 Å². The summed E-state index contributed by atoms with van der Waals surface area (Å²) in [5, 5.41) is 2.56. The molecule has 2 aliphatic heterocycles. The Morgan fingerprint density at radius 2 is 2.20 bits per heavy atom. The van der Waals surface area contributed by atoms with Crippen LogP contribution in [0.3, 0.4) is 0 Å². The van der Waals surface area contributed by atoms with Crippen molar-refractivity contribution in [3.8, 4) is 0 Å². The third-order valence-electron chi connectivity index (χ3n) is 3.78. The fraction of sp³-hybridized carbons (Fsp3) is 0.312. The first-order valence-corrected chi connectivity index (χ1v) is 8.63. The van der Waals surface area contributed by atoms with Crippen LogP contribution in [0.4, 0.5) is 0 Å². The van der Waals surface area contributed by atoms with Crippen LogP contribution in [0.15, 0.2) is 34.2 Å². The number of aliphatic imine (C=N–C) groups is 1. The molecule has 0 spiro atoms. The van der Waals surface area contributed by atoms with Crippen molar-refractivity contribution in [2.75, 3.05) is 13.1 Å². The Hall–Kier alpha value is -1.26. The SMILES string of the molecule is CCC1=C(c2ccc3sc(C)cc3c2)N2CCN=C2S1. The predicted octanol–water partition coefficient (Wildman–Crippen LogP) is 4.71. The molecule has 20 heavy (non-hydrogen) atoms. The molecular formula is C16H16N2S2. The molecule has 0 aliphatic carbocycles. The fourth-order valence-corrected chi connectivity index (χ4v) is 4.95. The number of allylic oxidation sites excluding steroid dienone is 1. The number of aryl methyl sites for hydroxylation is 1. The minimum atomic E-state index is 0.933. The standard InChI is InChI=1S/C16H16N2S2/c1-3-13-15(18-7-6-17-16(18)20-13)11-4-5-14-12(9-11)8-10(2)19-14/h4-5,8-9H,3,6-7H2,1-2H3. The third-order valence-corrected chi connectivity index (χ3v) is 6.08. The van der Waals surface area contributed by atoms with Gasteiger partial charge < -0.3 is 4.90 Å². The highest BCUT2D eigenvalue weighted by Crippen LogP contribution is 2.43. The van der Waals surface area contributed by atoms with Gasteiger partial charge in [0.1, 0.15) is 0 Å². The summed E-state index contributed by atoms with van der Waals surface area (Å²) >= 11 is 3.72.